The lowest BCUT2D eigenvalue weighted by Crippen LogP contribution is -2.24. The first kappa shape index (κ1) is 21.0. The Morgan fingerprint density at radius 1 is 1.17 bits per heavy atom. The van der Waals surface area contributed by atoms with Crippen LogP contribution in [0.2, 0.25) is 0 Å². The molecule has 0 amide bonds. The summed E-state index contributed by atoms with van der Waals surface area (Å²) in [4.78, 5) is 4.50. The molecule has 0 aliphatic rings. The predicted octanol–water partition coefficient (Wildman–Crippen LogP) is 3.96. The summed E-state index contributed by atoms with van der Waals surface area (Å²) < 4.78 is 38.9. The molecule has 0 saturated heterocycles. The third-order valence-corrected chi connectivity index (χ3v) is 6.14. The number of hydrogen-bond donors (Lipinski definition) is 1. The third-order valence-electron chi connectivity index (χ3n) is 4.60. The highest BCUT2D eigenvalue weighted by Crippen LogP contribution is 2.31. The Morgan fingerprint density at radius 3 is 2.59 bits per heavy atom. The van der Waals surface area contributed by atoms with Crippen LogP contribution in [0.5, 0.6) is 5.75 Å². The molecular weight excluding hydrogens is 390 g/mol. The smallest absolute Gasteiger partial charge is 0.242 e. The van der Waals surface area contributed by atoms with Crippen LogP contribution in [0.3, 0.4) is 0 Å². The van der Waals surface area contributed by atoms with Gasteiger partial charge in [-0.1, -0.05) is 42.8 Å². The predicted molar refractivity (Wildman–Crippen MR) is 110 cm³/mol. The highest BCUT2D eigenvalue weighted by molar-refractivity contribution is 7.89. The van der Waals surface area contributed by atoms with E-state index in [9.17, 15) is 8.42 Å². The number of methoxy groups -OCH3 is 1. The number of sulfonamides is 1. The maximum atomic E-state index is 12.9. The second-order valence-corrected chi connectivity index (χ2v) is 8.96. The molecule has 0 saturated carbocycles. The number of nitrogens with zero attached hydrogens (tertiary/aromatic N) is 2. The molecule has 7 nitrogen and oxygen atoms in total. The van der Waals surface area contributed by atoms with E-state index in [-0.39, 0.29) is 23.2 Å². The van der Waals surface area contributed by atoms with Crippen LogP contribution < -0.4 is 9.46 Å². The molecule has 8 heteroatoms. The van der Waals surface area contributed by atoms with Crippen molar-refractivity contribution in [3.63, 3.8) is 0 Å². The van der Waals surface area contributed by atoms with Gasteiger partial charge in [-0.2, -0.15) is 4.98 Å². The van der Waals surface area contributed by atoms with Gasteiger partial charge in [-0.25, -0.2) is 13.1 Å². The van der Waals surface area contributed by atoms with Crippen molar-refractivity contribution in [3.05, 3.63) is 59.0 Å². The van der Waals surface area contributed by atoms with Gasteiger partial charge in [0.25, 0.3) is 0 Å². The van der Waals surface area contributed by atoms with Gasteiger partial charge in [0.05, 0.1) is 18.6 Å². The molecule has 3 rings (SSSR count). The fourth-order valence-corrected chi connectivity index (χ4v) is 4.29. The molecule has 1 heterocycles. The van der Waals surface area contributed by atoms with E-state index >= 15 is 0 Å². The summed E-state index contributed by atoms with van der Waals surface area (Å²) in [5.41, 5.74) is 3.32. The number of ether oxygens (including phenoxy) is 1. The molecule has 0 fully saturated rings. The Hall–Kier alpha value is -2.71. The summed E-state index contributed by atoms with van der Waals surface area (Å²) in [6.07, 6.45) is 0. The van der Waals surface area contributed by atoms with Gasteiger partial charge in [-0.15, -0.1) is 0 Å². The number of aryl methyl sites for hydroxylation is 2. The van der Waals surface area contributed by atoms with Gasteiger partial charge in [-0.05, 0) is 49.1 Å². The van der Waals surface area contributed by atoms with E-state index in [0.29, 0.717) is 17.1 Å². The van der Waals surface area contributed by atoms with E-state index in [4.69, 9.17) is 9.26 Å². The lowest BCUT2D eigenvalue weighted by molar-refractivity contribution is 0.376. The first-order chi connectivity index (χ1) is 13.7. The zero-order valence-electron chi connectivity index (χ0n) is 17.2. The van der Waals surface area contributed by atoms with Gasteiger partial charge in [-0.3, -0.25) is 0 Å². The topological polar surface area (TPSA) is 94.3 Å². The monoisotopic (exact) mass is 415 g/mol. The molecule has 2 aromatic carbocycles. The third kappa shape index (κ3) is 4.65. The molecule has 0 aliphatic carbocycles. The Bertz CT molecular complexity index is 1120. The SMILES string of the molecule is COc1cc(C)c(S(=O)(=O)NCc2nc(-c3cccc(C)c3)no2)cc1C(C)C. The van der Waals surface area contributed by atoms with E-state index in [1.54, 1.807) is 26.2 Å². The molecule has 29 heavy (non-hydrogen) atoms. The normalized spacial score (nSPS) is 11.8. The molecule has 0 bridgehead atoms. The van der Waals surface area contributed by atoms with Gasteiger partial charge in [0.2, 0.25) is 21.7 Å². The van der Waals surface area contributed by atoms with E-state index in [1.165, 1.54) is 0 Å². The van der Waals surface area contributed by atoms with Crippen molar-refractivity contribution in [1.29, 1.82) is 0 Å². The largest absolute Gasteiger partial charge is 0.496 e. The second-order valence-electron chi connectivity index (χ2n) is 7.22. The minimum absolute atomic E-state index is 0.0936. The average molecular weight is 416 g/mol. The molecule has 1 aromatic heterocycles. The first-order valence-electron chi connectivity index (χ1n) is 9.29. The number of benzene rings is 2. The lowest BCUT2D eigenvalue weighted by Gasteiger charge is -2.16. The first-order valence-corrected chi connectivity index (χ1v) is 10.8. The van der Waals surface area contributed by atoms with Crippen molar-refractivity contribution in [3.8, 4) is 17.1 Å². The van der Waals surface area contributed by atoms with Crippen LogP contribution in [0.4, 0.5) is 0 Å². The molecule has 0 unspecified atom stereocenters. The van der Waals surface area contributed by atoms with Crippen molar-refractivity contribution < 1.29 is 17.7 Å². The average Bonchev–Trinajstić information content (AvgIpc) is 3.15. The Balaban J connectivity index is 1.81. The molecule has 1 N–H and O–H groups in total. The molecule has 0 aliphatic heterocycles. The summed E-state index contributed by atoms with van der Waals surface area (Å²) in [7, 11) is -2.19. The van der Waals surface area contributed by atoms with Crippen molar-refractivity contribution in [1.82, 2.24) is 14.9 Å². The number of nitrogens with one attached hydrogen (secondary N) is 1. The minimum Gasteiger partial charge on any atom is -0.496 e. The maximum absolute atomic E-state index is 12.9. The second kappa shape index (κ2) is 8.34. The summed E-state index contributed by atoms with van der Waals surface area (Å²) in [6.45, 7) is 7.60. The highest BCUT2D eigenvalue weighted by atomic mass is 32.2. The highest BCUT2D eigenvalue weighted by Gasteiger charge is 2.22. The molecule has 0 radical (unpaired) electrons. The van der Waals surface area contributed by atoms with Crippen molar-refractivity contribution in [2.45, 2.75) is 45.1 Å². The molecule has 154 valence electrons. The van der Waals surface area contributed by atoms with Crippen molar-refractivity contribution in [2.75, 3.05) is 7.11 Å². The summed E-state index contributed by atoms with van der Waals surface area (Å²) in [5, 5.41) is 3.94. The summed E-state index contributed by atoms with van der Waals surface area (Å²) in [5.74, 6) is 1.41. The Morgan fingerprint density at radius 2 is 1.93 bits per heavy atom. The van der Waals surface area contributed by atoms with Gasteiger partial charge in [0.15, 0.2) is 0 Å². The standard InChI is InChI=1S/C21H25N3O4S/c1-13(2)17-11-19(15(4)10-18(17)27-5)29(25,26)22-12-20-23-21(24-28-20)16-8-6-7-14(3)9-16/h6-11,13,22H,12H2,1-5H3. The molecule has 0 spiro atoms. The van der Waals surface area contributed by atoms with Crippen molar-refractivity contribution >= 4 is 10.0 Å². The zero-order chi connectivity index (χ0) is 21.2. The van der Waals surface area contributed by atoms with Gasteiger partial charge in [0, 0.05) is 5.56 Å². The maximum Gasteiger partial charge on any atom is 0.242 e. The molecule has 3 aromatic rings. The number of rotatable bonds is 7. The number of hydrogen-bond acceptors (Lipinski definition) is 6. The van der Waals surface area contributed by atoms with Crippen LogP contribution in [0.1, 0.15) is 42.3 Å². The fourth-order valence-electron chi connectivity index (χ4n) is 3.06. The van der Waals surface area contributed by atoms with Crippen LogP contribution in [0.25, 0.3) is 11.4 Å². The van der Waals surface area contributed by atoms with E-state index in [1.807, 2.05) is 45.0 Å². The molecular formula is C21H25N3O4S. The van der Waals surface area contributed by atoms with Gasteiger partial charge in [0.1, 0.15) is 5.75 Å². The van der Waals surface area contributed by atoms with Gasteiger partial charge >= 0.3 is 0 Å². The molecule has 0 atom stereocenters. The number of aromatic nitrogens is 2. The van der Waals surface area contributed by atoms with Crippen LogP contribution >= 0.6 is 0 Å². The minimum atomic E-state index is -3.77. The Labute approximate surface area is 171 Å². The van der Waals surface area contributed by atoms with Crippen LogP contribution in [-0.4, -0.2) is 25.7 Å². The summed E-state index contributed by atoms with van der Waals surface area (Å²) in [6, 6.07) is 11.1. The van der Waals surface area contributed by atoms with E-state index < -0.39 is 10.0 Å². The van der Waals surface area contributed by atoms with Gasteiger partial charge < -0.3 is 9.26 Å². The fraction of sp³-hybridized carbons (Fsp3) is 0.333. The summed E-state index contributed by atoms with van der Waals surface area (Å²) >= 11 is 0. The lowest BCUT2D eigenvalue weighted by atomic mass is 10.0. The van der Waals surface area contributed by atoms with E-state index in [2.05, 4.69) is 14.9 Å². The van der Waals surface area contributed by atoms with Crippen LogP contribution in [0, 0.1) is 13.8 Å². The Kier molecular flexibility index (Phi) is 6.04. The van der Waals surface area contributed by atoms with Crippen molar-refractivity contribution in [2.24, 2.45) is 0 Å². The zero-order valence-corrected chi connectivity index (χ0v) is 18.0. The van der Waals surface area contributed by atoms with Crippen LogP contribution in [0.15, 0.2) is 45.8 Å². The van der Waals surface area contributed by atoms with Crippen LogP contribution in [-0.2, 0) is 16.6 Å². The quantitative estimate of drug-likeness (QED) is 0.628. The van der Waals surface area contributed by atoms with E-state index in [0.717, 1.165) is 16.7 Å².